The summed E-state index contributed by atoms with van der Waals surface area (Å²) < 4.78 is 7.42. The van der Waals surface area contributed by atoms with Gasteiger partial charge < -0.3 is 14.8 Å². The van der Waals surface area contributed by atoms with Crippen LogP contribution in [0.15, 0.2) is 28.7 Å². The maximum atomic E-state index is 12.8. The second kappa shape index (κ2) is 8.48. The van der Waals surface area contributed by atoms with Crippen molar-refractivity contribution in [3.05, 3.63) is 50.4 Å². The van der Waals surface area contributed by atoms with E-state index in [1.165, 1.54) is 0 Å². The first kappa shape index (κ1) is 21.5. The molecule has 146 valence electrons. The third-order valence-corrected chi connectivity index (χ3v) is 5.33. The number of amides is 1. The van der Waals surface area contributed by atoms with Gasteiger partial charge in [0, 0.05) is 30.4 Å². The average molecular weight is 456 g/mol. The summed E-state index contributed by atoms with van der Waals surface area (Å²) in [6, 6.07) is 7.33. The smallest absolute Gasteiger partial charge is 0.415 e. The molecule has 0 saturated heterocycles. The number of rotatable bonds is 4. The third kappa shape index (κ3) is 4.38. The van der Waals surface area contributed by atoms with Crippen molar-refractivity contribution in [3.63, 3.8) is 0 Å². The Balaban J connectivity index is 2.64. The van der Waals surface area contributed by atoms with Gasteiger partial charge in [0.05, 0.1) is 5.56 Å². The molecule has 5 nitrogen and oxygen atoms in total. The maximum absolute atomic E-state index is 12.8. The standard InChI is InChI=1S/C20H24BrClN2O3/c1-11(2)23(12(3)4)20(25)27-19-17(15-7-9-16(21)10-8-15)13(5)24(26)14(6)18(19)22/h7-12H,1-6H3. The zero-order valence-corrected chi connectivity index (χ0v) is 18.7. The fourth-order valence-electron chi connectivity index (χ4n) is 3.09. The van der Waals surface area contributed by atoms with Crippen LogP contribution in [0.2, 0.25) is 5.02 Å². The molecule has 0 bridgehead atoms. The van der Waals surface area contributed by atoms with Crippen LogP contribution in [-0.4, -0.2) is 23.1 Å². The lowest BCUT2D eigenvalue weighted by Gasteiger charge is -2.30. The normalized spacial score (nSPS) is 11.2. The molecule has 2 aromatic rings. The van der Waals surface area contributed by atoms with Gasteiger partial charge in [-0.2, -0.15) is 4.73 Å². The monoisotopic (exact) mass is 454 g/mol. The average Bonchev–Trinajstić information content (AvgIpc) is 2.58. The molecule has 0 fully saturated rings. The Bertz CT molecular complexity index is 844. The lowest BCUT2D eigenvalue weighted by atomic mass is 10.0. The molecule has 0 aliphatic carbocycles. The Morgan fingerprint density at radius 3 is 2.11 bits per heavy atom. The number of hydrogen-bond acceptors (Lipinski definition) is 3. The molecule has 0 aliphatic rings. The summed E-state index contributed by atoms with van der Waals surface area (Å²) in [5, 5.41) is 12.6. The zero-order valence-electron chi connectivity index (χ0n) is 16.3. The molecule has 0 N–H and O–H groups in total. The van der Waals surface area contributed by atoms with E-state index in [0.29, 0.717) is 17.0 Å². The van der Waals surface area contributed by atoms with Crippen molar-refractivity contribution in [1.29, 1.82) is 0 Å². The van der Waals surface area contributed by atoms with Gasteiger partial charge in [0.25, 0.3) is 0 Å². The number of halogens is 2. The highest BCUT2D eigenvalue weighted by Crippen LogP contribution is 2.39. The lowest BCUT2D eigenvalue weighted by molar-refractivity contribution is -0.618. The molecule has 0 radical (unpaired) electrons. The van der Waals surface area contributed by atoms with Crippen molar-refractivity contribution < 1.29 is 14.3 Å². The van der Waals surface area contributed by atoms with Gasteiger partial charge in [-0.25, -0.2) is 4.79 Å². The first-order chi connectivity index (χ1) is 12.6. The Hall–Kier alpha value is -1.79. The summed E-state index contributed by atoms with van der Waals surface area (Å²) in [4.78, 5) is 14.5. The van der Waals surface area contributed by atoms with E-state index >= 15 is 0 Å². The first-order valence-electron chi connectivity index (χ1n) is 8.74. The predicted octanol–water partition coefficient (Wildman–Crippen LogP) is 5.64. The van der Waals surface area contributed by atoms with Crippen LogP contribution in [0.1, 0.15) is 39.1 Å². The van der Waals surface area contributed by atoms with E-state index in [4.69, 9.17) is 16.3 Å². The van der Waals surface area contributed by atoms with Gasteiger partial charge in [-0.15, -0.1) is 0 Å². The van der Waals surface area contributed by atoms with Crippen molar-refractivity contribution >= 4 is 33.6 Å². The second-order valence-electron chi connectivity index (χ2n) is 6.95. The number of ether oxygens (including phenoxy) is 1. The molecule has 1 aromatic carbocycles. The van der Waals surface area contributed by atoms with Crippen LogP contribution in [0.4, 0.5) is 4.79 Å². The number of carbonyl (C=O) groups is 1. The molecule has 1 aromatic heterocycles. The first-order valence-corrected chi connectivity index (χ1v) is 9.91. The van der Waals surface area contributed by atoms with Gasteiger partial charge in [0.1, 0.15) is 0 Å². The highest BCUT2D eigenvalue weighted by molar-refractivity contribution is 9.10. The van der Waals surface area contributed by atoms with E-state index in [1.54, 1.807) is 18.7 Å². The molecule has 27 heavy (non-hydrogen) atoms. The minimum atomic E-state index is -0.497. The number of benzene rings is 1. The fourth-order valence-corrected chi connectivity index (χ4v) is 3.57. The predicted molar refractivity (Wildman–Crippen MR) is 111 cm³/mol. The summed E-state index contributed by atoms with van der Waals surface area (Å²) in [7, 11) is 0. The minimum absolute atomic E-state index is 0.0391. The largest absolute Gasteiger partial charge is 0.618 e. The Kier molecular flexibility index (Phi) is 6.76. The highest BCUT2D eigenvalue weighted by atomic mass is 79.9. The molecule has 0 spiro atoms. The summed E-state index contributed by atoms with van der Waals surface area (Å²) in [5.41, 5.74) is 1.96. The van der Waals surface area contributed by atoms with Gasteiger partial charge in [-0.05, 0) is 45.4 Å². The van der Waals surface area contributed by atoms with Gasteiger partial charge in [0.2, 0.25) is 11.4 Å². The Labute approximate surface area is 173 Å². The molecular weight excluding hydrogens is 432 g/mol. The molecule has 1 heterocycles. The van der Waals surface area contributed by atoms with Crippen LogP contribution in [-0.2, 0) is 0 Å². The lowest BCUT2D eigenvalue weighted by Crippen LogP contribution is -2.44. The SMILES string of the molecule is Cc1c(Cl)c(OC(=O)N(C(C)C)C(C)C)c(-c2ccc(Br)cc2)c(C)[n+]1[O-]. The maximum Gasteiger partial charge on any atom is 0.415 e. The molecule has 0 atom stereocenters. The van der Waals surface area contributed by atoms with E-state index in [1.807, 2.05) is 52.0 Å². The number of carbonyl (C=O) groups excluding carboxylic acids is 1. The Morgan fingerprint density at radius 2 is 1.63 bits per heavy atom. The number of pyridine rings is 1. The van der Waals surface area contributed by atoms with E-state index in [2.05, 4.69) is 15.9 Å². The van der Waals surface area contributed by atoms with Gasteiger partial charge in [-0.1, -0.05) is 39.7 Å². The van der Waals surface area contributed by atoms with E-state index < -0.39 is 6.09 Å². The number of hydrogen-bond donors (Lipinski definition) is 0. The number of aromatic nitrogens is 1. The topological polar surface area (TPSA) is 56.5 Å². The molecule has 0 saturated carbocycles. The van der Waals surface area contributed by atoms with E-state index in [-0.39, 0.29) is 22.9 Å². The number of nitrogens with zero attached hydrogens (tertiary/aromatic N) is 2. The van der Waals surface area contributed by atoms with Crippen molar-refractivity contribution in [2.45, 2.75) is 53.6 Å². The van der Waals surface area contributed by atoms with Gasteiger partial charge >= 0.3 is 6.09 Å². The highest BCUT2D eigenvalue weighted by Gasteiger charge is 2.29. The van der Waals surface area contributed by atoms with Crippen LogP contribution in [0.5, 0.6) is 5.75 Å². The summed E-state index contributed by atoms with van der Waals surface area (Å²) in [6.07, 6.45) is -0.497. The molecule has 0 aliphatic heterocycles. The van der Waals surface area contributed by atoms with E-state index in [0.717, 1.165) is 14.8 Å². The van der Waals surface area contributed by atoms with Crippen molar-refractivity contribution in [2.24, 2.45) is 0 Å². The van der Waals surface area contributed by atoms with Gasteiger partial charge in [0.15, 0.2) is 10.8 Å². The second-order valence-corrected chi connectivity index (χ2v) is 8.25. The zero-order chi connectivity index (χ0) is 20.5. The minimum Gasteiger partial charge on any atom is -0.618 e. The van der Waals surface area contributed by atoms with Crippen LogP contribution < -0.4 is 9.47 Å². The quantitative estimate of drug-likeness (QED) is 0.443. The summed E-state index contributed by atoms with van der Waals surface area (Å²) >= 11 is 9.84. The van der Waals surface area contributed by atoms with Gasteiger partial charge in [-0.3, -0.25) is 0 Å². The van der Waals surface area contributed by atoms with E-state index in [9.17, 15) is 10.0 Å². The molecule has 0 unspecified atom stereocenters. The van der Waals surface area contributed by atoms with Crippen LogP contribution in [0.3, 0.4) is 0 Å². The molecule has 7 heteroatoms. The summed E-state index contributed by atoms with van der Waals surface area (Å²) in [5.74, 6) is 0.206. The molecular formula is C20H24BrClN2O3. The van der Waals surface area contributed by atoms with Crippen molar-refractivity contribution in [1.82, 2.24) is 4.90 Å². The van der Waals surface area contributed by atoms with Crippen LogP contribution >= 0.6 is 27.5 Å². The molecule has 1 amide bonds. The fraction of sp³-hybridized carbons (Fsp3) is 0.400. The Morgan fingerprint density at radius 1 is 1.11 bits per heavy atom. The van der Waals surface area contributed by atoms with Crippen LogP contribution in [0.25, 0.3) is 11.1 Å². The molecule has 2 rings (SSSR count). The van der Waals surface area contributed by atoms with Crippen molar-refractivity contribution in [3.8, 4) is 16.9 Å². The summed E-state index contributed by atoms with van der Waals surface area (Å²) in [6.45, 7) is 11.0. The third-order valence-electron chi connectivity index (χ3n) is 4.36. The van der Waals surface area contributed by atoms with Crippen molar-refractivity contribution in [2.75, 3.05) is 0 Å². The van der Waals surface area contributed by atoms with Crippen LogP contribution in [0, 0.1) is 19.1 Å².